The predicted molar refractivity (Wildman–Crippen MR) is 220 cm³/mol. The van der Waals surface area contributed by atoms with E-state index >= 15 is 0 Å². The zero-order valence-corrected chi connectivity index (χ0v) is 32.3. The maximum atomic E-state index is 12.4. The van der Waals surface area contributed by atoms with E-state index in [4.69, 9.17) is 28.9 Å². The van der Waals surface area contributed by atoms with Crippen molar-refractivity contribution in [3.05, 3.63) is 183 Å². The molecule has 0 spiro atoms. The second kappa shape index (κ2) is 16.6. The standard InChI is InChI=1S/C46H38N4O8/c1-26(2)58-40-25-23-38(50-40)43(29-10-16-32(17-11-29)46(54)57-5)36-21-19-34(48-36)41(27-6-12-30(13-7-27)44(52)55-3)33-18-20-35(47-33)42(37-22-24-39(51)49-37)28-8-14-31(15-9-28)45(53)56-4/h6-26,48H,1-5H3,(H,49,51)/b41-33-,42-37+,43-38+. The highest BCUT2D eigenvalue weighted by molar-refractivity contribution is 6.32. The van der Waals surface area contributed by atoms with Gasteiger partial charge < -0.3 is 29.2 Å². The Labute approximate surface area is 334 Å². The molecule has 3 aromatic carbocycles. The van der Waals surface area contributed by atoms with Crippen LogP contribution in [0.1, 0.15) is 73.0 Å². The molecule has 0 unspecified atom stereocenters. The van der Waals surface area contributed by atoms with Gasteiger partial charge in [-0.2, -0.15) is 0 Å². The highest BCUT2D eigenvalue weighted by atomic mass is 16.5. The van der Waals surface area contributed by atoms with Gasteiger partial charge in [0.1, 0.15) is 0 Å². The lowest BCUT2D eigenvalue weighted by molar-refractivity contribution is -0.115. The molecule has 1 amide bonds. The van der Waals surface area contributed by atoms with Crippen LogP contribution in [0.25, 0.3) is 16.7 Å². The van der Waals surface area contributed by atoms with Crippen LogP contribution in [-0.4, -0.2) is 67.8 Å². The number of nitrogens with one attached hydrogen (secondary N) is 2. The van der Waals surface area contributed by atoms with E-state index in [0.717, 1.165) is 22.4 Å². The van der Waals surface area contributed by atoms with Gasteiger partial charge in [-0.15, -0.1) is 0 Å². The lowest BCUT2D eigenvalue weighted by Crippen LogP contribution is -2.16. The summed E-state index contributed by atoms with van der Waals surface area (Å²) >= 11 is 0. The van der Waals surface area contributed by atoms with Crippen molar-refractivity contribution in [2.24, 2.45) is 9.98 Å². The first-order valence-corrected chi connectivity index (χ1v) is 18.2. The number of aliphatic imine (C=N–C) groups is 2. The average Bonchev–Trinajstić information content (AvgIpc) is 4.08. The first kappa shape index (κ1) is 38.7. The maximum Gasteiger partial charge on any atom is 0.337 e. The van der Waals surface area contributed by atoms with Gasteiger partial charge in [-0.25, -0.2) is 24.4 Å². The van der Waals surface area contributed by atoms with E-state index < -0.39 is 17.9 Å². The first-order valence-electron chi connectivity index (χ1n) is 18.2. The minimum absolute atomic E-state index is 0.0800. The zero-order chi connectivity index (χ0) is 40.9. The number of esters is 3. The molecule has 0 aliphatic carbocycles. The number of ether oxygens (including phenoxy) is 4. The molecule has 4 aromatic rings. The zero-order valence-electron chi connectivity index (χ0n) is 32.3. The van der Waals surface area contributed by atoms with Gasteiger partial charge in [0.2, 0.25) is 11.8 Å². The summed E-state index contributed by atoms with van der Waals surface area (Å²) in [6.07, 6.45) is 10.5. The minimum Gasteiger partial charge on any atom is -0.475 e. The largest absolute Gasteiger partial charge is 0.475 e. The Morgan fingerprint density at radius 2 is 0.948 bits per heavy atom. The number of aromatic nitrogens is 1. The van der Waals surface area contributed by atoms with Crippen LogP contribution < -0.4 is 5.32 Å². The summed E-state index contributed by atoms with van der Waals surface area (Å²) in [4.78, 5) is 62.8. The molecule has 0 saturated carbocycles. The summed E-state index contributed by atoms with van der Waals surface area (Å²) in [6.45, 7) is 3.86. The van der Waals surface area contributed by atoms with Gasteiger partial charge in [0.05, 0.1) is 66.9 Å². The molecule has 12 heteroatoms. The Morgan fingerprint density at radius 1 is 0.517 bits per heavy atom. The quantitative estimate of drug-likeness (QED) is 0.125. The number of carbonyl (C=O) groups is 4. The van der Waals surface area contributed by atoms with E-state index in [0.29, 0.717) is 67.8 Å². The van der Waals surface area contributed by atoms with E-state index in [1.807, 2.05) is 74.5 Å². The van der Waals surface area contributed by atoms with Crippen LogP contribution >= 0.6 is 0 Å². The SMILES string of the molecule is COC(=O)c1ccc(/C(=C2\C=CC(C(=C3\C=CC(=O)N3)/c3ccc(C(=O)OC)cc3)=N2)c2ccc(/C(=C3\C=CC(OC(C)C)=N3)c3ccc(C(=O)OC)cc3)[nH]2)cc1. The fourth-order valence-corrected chi connectivity index (χ4v) is 6.63. The number of nitrogens with zero attached hydrogens (tertiary/aromatic N) is 2. The molecule has 3 aliphatic rings. The Morgan fingerprint density at radius 3 is 1.38 bits per heavy atom. The Hall–Kier alpha value is -7.60. The normalized spacial score (nSPS) is 16.8. The Kier molecular flexibility index (Phi) is 11.1. The molecule has 3 aliphatic heterocycles. The number of rotatable bonds is 10. The lowest BCUT2D eigenvalue weighted by Gasteiger charge is -2.13. The van der Waals surface area contributed by atoms with Crippen molar-refractivity contribution in [2.75, 3.05) is 21.3 Å². The average molecular weight is 775 g/mol. The van der Waals surface area contributed by atoms with Gasteiger partial charge >= 0.3 is 17.9 Å². The molecule has 290 valence electrons. The number of amides is 1. The minimum atomic E-state index is -0.469. The van der Waals surface area contributed by atoms with Crippen LogP contribution in [0.3, 0.4) is 0 Å². The van der Waals surface area contributed by atoms with Crippen molar-refractivity contribution in [1.82, 2.24) is 10.3 Å². The van der Waals surface area contributed by atoms with Gasteiger partial charge in [0.15, 0.2) is 0 Å². The van der Waals surface area contributed by atoms with Crippen LogP contribution in [0, 0.1) is 0 Å². The monoisotopic (exact) mass is 774 g/mol. The van der Waals surface area contributed by atoms with Crippen LogP contribution in [-0.2, 0) is 23.7 Å². The van der Waals surface area contributed by atoms with Crippen molar-refractivity contribution in [3.63, 3.8) is 0 Å². The highest BCUT2D eigenvalue weighted by Crippen LogP contribution is 2.36. The molecule has 0 bridgehead atoms. The first-order chi connectivity index (χ1) is 28.1. The van der Waals surface area contributed by atoms with E-state index in [9.17, 15) is 19.2 Å². The van der Waals surface area contributed by atoms with Gasteiger partial charge in [-0.1, -0.05) is 36.4 Å². The third-order valence-corrected chi connectivity index (χ3v) is 9.32. The molecule has 12 nitrogen and oxygen atoms in total. The fraction of sp³-hybridized carbons (Fsp3) is 0.130. The number of H-pyrrole nitrogens is 1. The second-order valence-corrected chi connectivity index (χ2v) is 13.4. The van der Waals surface area contributed by atoms with Crippen LogP contribution in [0.5, 0.6) is 0 Å². The summed E-state index contributed by atoms with van der Waals surface area (Å²) < 4.78 is 20.7. The number of hydrogen-bond donors (Lipinski definition) is 2. The van der Waals surface area contributed by atoms with Gasteiger partial charge in [0.25, 0.3) is 0 Å². The Balaban J connectivity index is 1.38. The summed E-state index contributed by atoms with van der Waals surface area (Å²) in [5, 5.41) is 2.89. The number of allylic oxidation sites excluding steroid dienone is 5. The molecular weight excluding hydrogens is 737 g/mol. The summed E-state index contributed by atoms with van der Waals surface area (Å²) in [6, 6.07) is 24.9. The molecule has 0 fully saturated rings. The number of aromatic amines is 1. The van der Waals surface area contributed by atoms with Crippen molar-refractivity contribution < 1.29 is 38.1 Å². The third kappa shape index (κ3) is 8.03. The smallest absolute Gasteiger partial charge is 0.337 e. The van der Waals surface area contributed by atoms with E-state index in [1.54, 1.807) is 54.6 Å². The van der Waals surface area contributed by atoms with Gasteiger partial charge in [-0.3, -0.25) is 4.79 Å². The molecule has 0 atom stereocenters. The predicted octanol–water partition coefficient (Wildman–Crippen LogP) is 7.39. The molecule has 2 N–H and O–H groups in total. The van der Waals surface area contributed by atoms with Crippen LogP contribution in [0.2, 0.25) is 0 Å². The number of carbonyl (C=O) groups excluding carboxylic acids is 4. The highest BCUT2D eigenvalue weighted by Gasteiger charge is 2.24. The lowest BCUT2D eigenvalue weighted by atomic mass is 9.97. The van der Waals surface area contributed by atoms with Gasteiger partial charge in [-0.05, 0) is 103 Å². The fourth-order valence-electron chi connectivity index (χ4n) is 6.63. The van der Waals surface area contributed by atoms with Crippen molar-refractivity contribution in [2.45, 2.75) is 20.0 Å². The van der Waals surface area contributed by atoms with E-state index in [1.165, 1.54) is 27.4 Å². The van der Waals surface area contributed by atoms with Crippen molar-refractivity contribution in [3.8, 4) is 0 Å². The second-order valence-electron chi connectivity index (χ2n) is 13.4. The van der Waals surface area contributed by atoms with Crippen molar-refractivity contribution in [1.29, 1.82) is 0 Å². The van der Waals surface area contributed by atoms with Gasteiger partial charge in [0, 0.05) is 40.3 Å². The van der Waals surface area contributed by atoms with Crippen LogP contribution in [0.15, 0.2) is 148 Å². The molecule has 4 heterocycles. The molecular formula is C46H38N4O8. The van der Waals surface area contributed by atoms with E-state index in [2.05, 4.69) is 10.3 Å². The van der Waals surface area contributed by atoms with E-state index in [-0.39, 0.29) is 12.0 Å². The number of benzene rings is 3. The summed E-state index contributed by atoms with van der Waals surface area (Å²) in [7, 11) is 3.99. The molecule has 1 aromatic heterocycles. The number of methoxy groups -OCH3 is 3. The molecule has 0 saturated heterocycles. The topological polar surface area (TPSA) is 158 Å². The molecule has 7 rings (SSSR count). The Bertz CT molecular complexity index is 2580. The summed E-state index contributed by atoms with van der Waals surface area (Å²) in [5.41, 5.74) is 9.30. The third-order valence-electron chi connectivity index (χ3n) is 9.32. The molecule has 58 heavy (non-hydrogen) atoms. The summed E-state index contributed by atoms with van der Waals surface area (Å²) in [5.74, 6) is -1.17. The maximum absolute atomic E-state index is 12.4. The number of hydrogen-bond acceptors (Lipinski definition) is 10. The van der Waals surface area contributed by atoms with Crippen LogP contribution in [0.4, 0.5) is 0 Å². The molecule has 0 radical (unpaired) electrons. The van der Waals surface area contributed by atoms with Crippen molar-refractivity contribution >= 4 is 52.1 Å².